The number of hydrogen-bond donors (Lipinski definition) is 0. The summed E-state index contributed by atoms with van der Waals surface area (Å²) in [5, 5.41) is 0. The number of hydrogen-bond acceptors (Lipinski definition) is 2. The largest absolute Gasteiger partial charge is 0.299 e. The number of piperidine rings is 1. The molecule has 0 bridgehead atoms. The van der Waals surface area contributed by atoms with Crippen LogP contribution in [0.4, 0.5) is 0 Å². The zero-order valence-corrected chi connectivity index (χ0v) is 11.8. The Morgan fingerprint density at radius 1 is 0.765 bits per heavy atom. The van der Waals surface area contributed by atoms with Crippen LogP contribution in [-0.2, 0) is 0 Å². The van der Waals surface area contributed by atoms with E-state index in [-0.39, 0.29) is 0 Å². The van der Waals surface area contributed by atoms with Gasteiger partial charge in [-0.25, -0.2) is 0 Å². The van der Waals surface area contributed by atoms with Crippen molar-refractivity contribution < 1.29 is 0 Å². The standard InChI is InChI=1S/C15H30N2/c1-3-10-16-12-6-5-8-14(16)15-9-7-13-17(15)11-4-2/h14-15H,3-13H2,1-2H3. The molecule has 0 N–H and O–H groups in total. The molecule has 0 spiro atoms. The van der Waals surface area contributed by atoms with Crippen molar-refractivity contribution in [3.05, 3.63) is 0 Å². The minimum Gasteiger partial charge on any atom is -0.299 e. The third-order valence-corrected chi connectivity index (χ3v) is 4.54. The molecule has 0 amide bonds. The number of likely N-dealkylation sites (tertiary alicyclic amines) is 2. The predicted molar refractivity (Wildman–Crippen MR) is 74.4 cm³/mol. The molecule has 100 valence electrons. The van der Waals surface area contributed by atoms with Gasteiger partial charge in [0.2, 0.25) is 0 Å². The second-order valence-corrected chi connectivity index (χ2v) is 5.84. The van der Waals surface area contributed by atoms with Crippen LogP contribution in [0, 0.1) is 0 Å². The molecule has 0 aromatic carbocycles. The fourth-order valence-corrected chi connectivity index (χ4v) is 3.87. The summed E-state index contributed by atoms with van der Waals surface area (Å²) in [6.45, 7) is 10.00. The van der Waals surface area contributed by atoms with Crippen molar-refractivity contribution in [3.8, 4) is 0 Å². The summed E-state index contributed by atoms with van der Waals surface area (Å²) in [7, 11) is 0. The van der Waals surface area contributed by atoms with Crippen LogP contribution in [0.1, 0.15) is 58.8 Å². The maximum atomic E-state index is 2.79. The van der Waals surface area contributed by atoms with E-state index in [1.807, 2.05) is 0 Å². The molecule has 2 fully saturated rings. The summed E-state index contributed by atoms with van der Waals surface area (Å²) in [6.07, 6.45) is 9.85. The van der Waals surface area contributed by atoms with Gasteiger partial charge in [0.05, 0.1) is 0 Å². The molecule has 2 atom stereocenters. The van der Waals surface area contributed by atoms with Gasteiger partial charge in [-0.2, -0.15) is 0 Å². The highest BCUT2D eigenvalue weighted by Crippen LogP contribution is 2.29. The summed E-state index contributed by atoms with van der Waals surface area (Å²) in [6, 6.07) is 1.75. The molecule has 0 aromatic heterocycles. The third-order valence-electron chi connectivity index (χ3n) is 4.54. The predicted octanol–water partition coefficient (Wildman–Crippen LogP) is 3.13. The minimum absolute atomic E-state index is 0.873. The normalized spacial score (nSPS) is 32.1. The van der Waals surface area contributed by atoms with Crippen LogP contribution in [0.3, 0.4) is 0 Å². The minimum atomic E-state index is 0.873. The maximum Gasteiger partial charge on any atom is 0.0252 e. The Kier molecular flexibility index (Phi) is 5.30. The van der Waals surface area contributed by atoms with E-state index in [1.165, 1.54) is 71.1 Å². The molecule has 0 radical (unpaired) electrons. The van der Waals surface area contributed by atoms with Gasteiger partial charge in [0.25, 0.3) is 0 Å². The Hall–Kier alpha value is -0.0800. The Morgan fingerprint density at radius 3 is 1.88 bits per heavy atom. The van der Waals surface area contributed by atoms with Crippen LogP contribution >= 0.6 is 0 Å². The molecule has 2 rings (SSSR count). The summed E-state index contributed by atoms with van der Waals surface area (Å²) in [4.78, 5) is 5.57. The molecule has 0 aliphatic carbocycles. The lowest BCUT2D eigenvalue weighted by atomic mass is 9.93. The molecule has 2 aliphatic rings. The smallest absolute Gasteiger partial charge is 0.0252 e. The van der Waals surface area contributed by atoms with Crippen LogP contribution in [0.2, 0.25) is 0 Å². The van der Waals surface area contributed by atoms with Gasteiger partial charge in [0.15, 0.2) is 0 Å². The molecule has 2 saturated heterocycles. The molecule has 2 aliphatic heterocycles. The van der Waals surface area contributed by atoms with Gasteiger partial charge in [-0.1, -0.05) is 20.3 Å². The van der Waals surface area contributed by atoms with Gasteiger partial charge >= 0.3 is 0 Å². The Labute approximate surface area is 107 Å². The van der Waals surface area contributed by atoms with Crippen molar-refractivity contribution in [2.45, 2.75) is 70.9 Å². The van der Waals surface area contributed by atoms with Gasteiger partial charge in [-0.15, -0.1) is 0 Å². The zero-order valence-electron chi connectivity index (χ0n) is 11.8. The van der Waals surface area contributed by atoms with E-state index in [1.54, 1.807) is 0 Å². The first-order valence-electron chi connectivity index (χ1n) is 7.85. The van der Waals surface area contributed by atoms with E-state index in [0.717, 1.165) is 12.1 Å². The second-order valence-electron chi connectivity index (χ2n) is 5.84. The van der Waals surface area contributed by atoms with Crippen molar-refractivity contribution in [1.82, 2.24) is 9.80 Å². The van der Waals surface area contributed by atoms with Crippen molar-refractivity contribution in [2.24, 2.45) is 0 Å². The monoisotopic (exact) mass is 238 g/mol. The zero-order chi connectivity index (χ0) is 12.1. The number of nitrogens with zero attached hydrogens (tertiary/aromatic N) is 2. The first-order valence-corrected chi connectivity index (χ1v) is 7.85. The van der Waals surface area contributed by atoms with Crippen molar-refractivity contribution in [3.63, 3.8) is 0 Å². The molecule has 2 unspecified atom stereocenters. The third kappa shape index (κ3) is 3.23. The van der Waals surface area contributed by atoms with Gasteiger partial charge < -0.3 is 0 Å². The molecule has 2 heteroatoms. The molecule has 0 aromatic rings. The van der Waals surface area contributed by atoms with Crippen molar-refractivity contribution >= 4 is 0 Å². The highest BCUT2D eigenvalue weighted by molar-refractivity contribution is 4.92. The van der Waals surface area contributed by atoms with Gasteiger partial charge in [0, 0.05) is 12.1 Å². The van der Waals surface area contributed by atoms with Gasteiger partial charge in [-0.05, 0) is 64.7 Å². The van der Waals surface area contributed by atoms with E-state index >= 15 is 0 Å². The number of rotatable bonds is 5. The quantitative estimate of drug-likeness (QED) is 0.726. The lowest BCUT2D eigenvalue weighted by Gasteiger charge is -2.42. The Morgan fingerprint density at radius 2 is 1.29 bits per heavy atom. The van der Waals surface area contributed by atoms with Crippen LogP contribution < -0.4 is 0 Å². The average molecular weight is 238 g/mol. The van der Waals surface area contributed by atoms with E-state index in [0.29, 0.717) is 0 Å². The SMILES string of the molecule is CCCN1CCCCC1C1CCCN1CCC. The van der Waals surface area contributed by atoms with Gasteiger partial charge in [-0.3, -0.25) is 9.80 Å². The summed E-state index contributed by atoms with van der Waals surface area (Å²) in [5.74, 6) is 0. The highest BCUT2D eigenvalue weighted by Gasteiger charge is 2.35. The highest BCUT2D eigenvalue weighted by atomic mass is 15.3. The first-order chi connectivity index (χ1) is 8.36. The van der Waals surface area contributed by atoms with E-state index in [4.69, 9.17) is 0 Å². The first kappa shape index (κ1) is 13.4. The Bertz CT molecular complexity index is 215. The van der Waals surface area contributed by atoms with E-state index < -0.39 is 0 Å². The maximum absolute atomic E-state index is 2.79. The topological polar surface area (TPSA) is 6.48 Å². The van der Waals surface area contributed by atoms with Crippen LogP contribution in [0.25, 0.3) is 0 Å². The van der Waals surface area contributed by atoms with Crippen molar-refractivity contribution in [1.29, 1.82) is 0 Å². The van der Waals surface area contributed by atoms with Gasteiger partial charge in [0.1, 0.15) is 0 Å². The summed E-state index contributed by atoms with van der Waals surface area (Å²) in [5.41, 5.74) is 0. The molecule has 2 nitrogen and oxygen atoms in total. The Balaban J connectivity index is 1.97. The second kappa shape index (κ2) is 6.75. The average Bonchev–Trinajstić information content (AvgIpc) is 2.79. The van der Waals surface area contributed by atoms with Crippen LogP contribution in [0.5, 0.6) is 0 Å². The van der Waals surface area contributed by atoms with Crippen molar-refractivity contribution in [2.75, 3.05) is 26.2 Å². The van der Waals surface area contributed by atoms with E-state index in [9.17, 15) is 0 Å². The molecular formula is C15H30N2. The summed E-state index contributed by atoms with van der Waals surface area (Å²) < 4.78 is 0. The van der Waals surface area contributed by atoms with E-state index in [2.05, 4.69) is 23.6 Å². The molecule has 0 saturated carbocycles. The summed E-state index contributed by atoms with van der Waals surface area (Å²) >= 11 is 0. The lowest BCUT2D eigenvalue weighted by Crippen LogP contribution is -2.51. The lowest BCUT2D eigenvalue weighted by molar-refractivity contribution is 0.0720. The molecule has 2 heterocycles. The van der Waals surface area contributed by atoms with Crippen LogP contribution in [0.15, 0.2) is 0 Å². The fourth-order valence-electron chi connectivity index (χ4n) is 3.87. The van der Waals surface area contributed by atoms with Crippen LogP contribution in [-0.4, -0.2) is 48.1 Å². The molecule has 17 heavy (non-hydrogen) atoms. The fraction of sp³-hybridized carbons (Fsp3) is 1.00. The molecular weight excluding hydrogens is 208 g/mol.